The molecule has 2 aromatic heterocycles. The summed E-state index contributed by atoms with van der Waals surface area (Å²) in [7, 11) is -3.56. The van der Waals surface area contributed by atoms with E-state index in [1.54, 1.807) is 48.1 Å². The zero-order chi connectivity index (χ0) is 17.0. The van der Waals surface area contributed by atoms with Gasteiger partial charge in [-0.2, -0.15) is 4.31 Å². The summed E-state index contributed by atoms with van der Waals surface area (Å²) in [6.07, 6.45) is 3.84. The van der Waals surface area contributed by atoms with Crippen molar-refractivity contribution in [2.75, 3.05) is 6.54 Å². The van der Waals surface area contributed by atoms with Gasteiger partial charge >= 0.3 is 0 Å². The Hall–Kier alpha value is -1.89. The number of nitrogens with zero attached hydrogens (tertiary/aromatic N) is 1. The Kier molecular flexibility index (Phi) is 5.18. The minimum atomic E-state index is -3.56. The predicted molar refractivity (Wildman–Crippen MR) is 95.5 cm³/mol. The minimum Gasteiger partial charge on any atom is -0.472 e. The lowest BCUT2D eigenvalue weighted by Gasteiger charge is -2.21. The summed E-state index contributed by atoms with van der Waals surface area (Å²) >= 11 is 1.64. The summed E-state index contributed by atoms with van der Waals surface area (Å²) in [5.74, 6) is 0. The first kappa shape index (κ1) is 17.0. The van der Waals surface area contributed by atoms with E-state index in [0.29, 0.717) is 24.4 Å². The number of rotatable bonds is 7. The minimum absolute atomic E-state index is 0.304. The zero-order valence-corrected chi connectivity index (χ0v) is 15.0. The maximum absolute atomic E-state index is 13.1. The molecular weight excluding hydrogens is 342 g/mol. The fourth-order valence-electron chi connectivity index (χ4n) is 2.49. The van der Waals surface area contributed by atoms with Crippen molar-refractivity contribution < 1.29 is 12.8 Å². The van der Waals surface area contributed by atoms with Crippen LogP contribution in [0.3, 0.4) is 0 Å². The van der Waals surface area contributed by atoms with E-state index in [9.17, 15) is 8.42 Å². The van der Waals surface area contributed by atoms with Crippen LogP contribution in [-0.4, -0.2) is 19.3 Å². The molecule has 6 heteroatoms. The molecule has 3 rings (SSSR count). The standard InChI is InChI=1S/C18H19NO3S2/c1-15-4-2-6-18(12-15)24(20,21)19(13-16-8-10-22-14-16)9-7-17-5-3-11-23-17/h2-6,8,10-12,14H,7,9,13H2,1H3. The third kappa shape index (κ3) is 3.95. The topological polar surface area (TPSA) is 50.5 Å². The summed E-state index contributed by atoms with van der Waals surface area (Å²) in [5.41, 5.74) is 1.77. The fraction of sp³-hybridized carbons (Fsp3) is 0.222. The van der Waals surface area contributed by atoms with Crippen LogP contribution >= 0.6 is 11.3 Å². The molecule has 0 radical (unpaired) electrons. The van der Waals surface area contributed by atoms with Gasteiger partial charge in [-0.1, -0.05) is 18.2 Å². The van der Waals surface area contributed by atoms with Gasteiger partial charge in [0.1, 0.15) is 0 Å². The number of furan rings is 1. The highest BCUT2D eigenvalue weighted by Gasteiger charge is 2.25. The van der Waals surface area contributed by atoms with Gasteiger partial charge < -0.3 is 4.42 Å². The molecule has 0 saturated carbocycles. The van der Waals surface area contributed by atoms with E-state index in [2.05, 4.69) is 0 Å². The number of hydrogen-bond acceptors (Lipinski definition) is 4. The first-order chi connectivity index (χ1) is 11.6. The Labute approximate surface area is 146 Å². The van der Waals surface area contributed by atoms with Crippen molar-refractivity contribution in [3.8, 4) is 0 Å². The van der Waals surface area contributed by atoms with Crippen molar-refractivity contribution in [1.82, 2.24) is 4.31 Å². The molecule has 126 valence electrons. The van der Waals surface area contributed by atoms with Crippen molar-refractivity contribution in [3.63, 3.8) is 0 Å². The first-order valence-electron chi connectivity index (χ1n) is 7.66. The van der Waals surface area contributed by atoms with E-state index in [1.165, 1.54) is 9.18 Å². The summed E-state index contributed by atoms with van der Waals surface area (Å²) < 4.78 is 32.7. The Morgan fingerprint density at radius 3 is 2.71 bits per heavy atom. The Morgan fingerprint density at radius 2 is 2.04 bits per heavy atom. The predicted octanol–water partition coefficient (Wildman–Crippen LogP) is 4.08. The molecule has 0 saturated heterocycles. The Bertz CT molecular complexity index is 869. The van der Waals surface area contributed by atoms with E-state index in [4.69, 9.17) is 4.42 Å². The smallest absolute Gasteiger partial charge is 0.243 e. The molecule has 24 heavy (non-hydrogen) atoms. The second kappa shape index (κ2) is 7.34. The molecule has 1 aromatic carbocycles. The summed E-state index contributed by atoms with van der Waals surface area (Å²) in [5, 5.41) is 2.00. The molecule has 2 heterocycles. The lowest BCUT2D eigenvalue weighted by Crippen LogP contribution is -2.32. The third-order valence-corrected chi connectivity index (χ3v) is 6.53. The molecule has 0 aliphatic rings. The highest BCUT2D eigenvalue weighted by Crippen LogP contribution is 2.21. The summed E-state index contributed by atoms with van der Waals surface area (Å²) in [4.78, 5) is 1.50. The Balaban J connectivity index is 1.87. The second-order valence-electron chi connectivity index (χ2n) is 5.62. The Morgan fingerprint density at radius 1 is 1.17 bits per heavy atom. The van der Waals surface area contributed by atoms with Gasteiger partial charge in [-0.15, -0.1) is 11.3 Å². The first-order valence-corrected chi connectivity index (χ1v) is 9.98. The van der Waals surface area contributed by atoms with Crippen molar-refractivity contribution >= 4 is 21.4 Å². The van der Waals surface area contributed by atoms with E-state index < -0.39 is 10.0 Å². The van der Waals surface area contributed by atoms with Crippen molar-refractivity contribution in [2.24, 2.45) is 0 Å². The van der Waals surface area contributed by atoms with Gasteiger partial charge in [-0.25, -0.2) is 8.42 Å². The van der Waals surface area contributed by atoms with Crippen molar-refractivity contribution in [1.29, 1.82) is 0 Å². The normalized spacial score (nSPS) is 11.9. The van der Waals surface area contributed by atoms with Crippen LogP contribution in [0.25, 0.3) is 0 Å². The molecule has 0 spiro atoms. The lowest BCUT2D eigenvalue weighted by atomic mass is 10.2. The summed E-state index contributed by atoms with van der Waals surface area (Å²) in [6.45, 7) is 2.63. The van der Waals surface area contributed by atoms with Crippen LogP contribution in [0.15, 0.2) is 69.7 Å². The molecule has 0 unspecified atom stereocenters. The van der Waals surface area contributed by atoms with Crippen LogP contribution in [0.5, 0.6) is 0 Å². The lowest BCUT2D eigenvalue weighted by molar-refractivity contribution is 0.408. The molecule has 0 fully saturated rings. The molecule has 4 nitrogen and oxygen atoms in total. The number of hydrogen-bond donors (Lipinski definition) is 0. The van der Waals surface area contributed by atoms with Crippen LogP contribution in [0, 0.1) is 6.92 Å². The van der Waals surface area contributed by atoms with E-state index in [-0.39, 0.29) is 0 Å². The van der Waals surface area contributed by atoms with Crippen molar-refractivity contribution in [2.45, 2.75) is 24.8 Å². The zero-order valence-electron chi connectivity index (χ0n) is 13.4. The van der Waals surface area contributed by atoms with Crippen LogP contribution in [0.1, 0.15) is 16.0 Å². The van der Waals surface area contributed by atoms with Crippen molar-refractivity contribution in [3.05, 3.63) is 76.4 Å². The van der Waals surface area contributed by atoms with E-state index in [1.807, 2.05) is 30.5 Å². The number of aryl methyl sites for hydroxylation is 1. The van der Waals surface area contributed by atoms with Crippen LogP contribution in [-0.2, 0) is 23.0 Å². The maximum atomic E-state index is 13.1. The molecule has 0 N–H and O–H groups in total. The molecule has 0 aliphatic carbocycles. The number of thiophene rings is 1. The number of sulfonamides is 1. The average molecular weight is 361 g/mol. The molecular formula is C18H19NO3S2. The fourth-order valence-corrected chi connectivity index (χ4v) is 4.72. The van der Waals surface area contributed by atoms with Gasteiger partial charge in [0, 0.05) is 23.5 Å². The second-order valence-corrected chi connectivity index (χ2v) is 8.59. The molecule has 0 aliphatic heterocycles. The van der Waals surface area contributed by atoms with Gasteiger partial charge in [0.05, 0.1) is 17.4 Å². The van der Waals surface area contributed by atoms with Gasteiger partial charge in [-0.05, 0) is 48.6 Å². The SMILES string of the molecule is Cc1cccc(S(=O)(=O)N(CCc2cccs2)Cc2ccoc2)c1. The molecule has 0 atom stereocenters. The molecule has 0 bridgehead atoms. The van der Waals surface area contributed by atoms with Crippen LogP contribution in [0.4, 0.5) is 0 Å². The quantitative estimate of drug-likeness (QED) is 0.637. The van der Waals surface area contributed by atoms with Gasteiger partial charge in [0.15, 0.2) is 0 Å². The highest BCUT2D eigenvalue weighted by molar-refractivity contribution is 7.89. The van der Waals surface area contributed by atoms with Gasteiger partial charge in [-0.3, -0.25) is 0 Å². The highest BCUT2D eigenvalue weighted by atomic mass is 32.2. The van der Waals surface area contributed by atoms with Gasteiger partial charge in [0.25, 0.3) is 0 Å². The molecule has 3 aromatic rings. The number of benzene rings is 1. The van der Waals surface area contributed by atoms with Crippen LogP contribution in [0.2, 0.25) is 0 Å². The van der Waals surface area contributed by atoms with Crippen LogP contribution < -0.4 is 0 Å². The largest absolute Gasteiger partial charge is 0.472 e. The summed E-state index contributed by atoms with van der Waals surface area (Å²) in [6, 6.07) is 12.8. The average Bonchev–Trinajstić information content (AvgIpc) is 3.25. The molecule has 0 amide bonds. The maximum Gasteiger partial charge on any atom is 0.243 e. The monoisotopic (exact) mass is 361 g/mol. The van der Waals surface area contributed by atoms with Gasteiger partial charge in [0.2, 0.25) is 10.0 Å². The third-order valence-electron chi connectivity index (χ3n) is 3.75. The van der Waals surface area contributed by atoms with E-state index in [0.717, 1.165) is 11.1 Å². The van der Waals surface area contributed by atoms with E-state index >= 15 is 0 Å².